The van der Waals surface area contributed by atoms with Gasteiger partial charge < -0.3 is 5.32 Å². The number of hydrogen-bond donors (Lipinski definition) is 1. The molecule has 0 spiro atoms. The summed E-state index contributed by atoms with van der Waals surface area (Å²) in [7, 11) is 0. The molecule has 19 heavy (non-hydrogen) atoms. The number of hydrogen-bond acceptors (Lipinski definition) is 5. The highest BCUT2D eigenvalue weighted by Crippen LogP contribution is 2.38. The lowest BCUT2D eigenvalue weighted by Gasteiger charge is -2.31. The van der Waals surface area contributed by atoms with Crippen molar-refractivity contribution in [1.29, 1.82) is 0 Å². The Balaban J connectivity index is 1.73. The maximum absolute atomic E-state index is 4.84. The molecule has 2 fully saturated rings. The third-order valence-corrected chi connectivity index (χ3v) is 5.80. The highest BCUT2D eigenvalue weighted by molar-refractivity contribution is 7.16. The van der Waals surface area contributed by atoms with Crippen molar-refractivity contribution in [2.24, 2.45) is 0 Å². The van der Waals surface area contributed by atoms with Crippen LogP contribution in [0.1, 0.15) is 55.8 Å². The highest BCUT2D eigenvalue weighted by Gasteiger charge is 2.34. The maximum atomic E-state index is 4.84. The van der Waals surface area contributed by atoms with Gasteiger partial charge in [-0.05, 0) is 32.2 Å². The molecule has 0 aromatic carbocycles. The molecule has 3 heterocycles. The zero-order valence-electron chi connectivity index (χ0n) is 11.2. The third-order valence-electron chi connectivity index (χ3n) is 4.60. The monoisotopic (exact) mass is 277 g/mol. The van der Waals surface area contributed by atoms with Crippen molar-refractivity contribution in [2.75, 3.05) is 13.1 Å². The van der Waals surface area contributed by atoms with Gasteiger partial charge in [0, 0.05) is 17.9 Å². The Labute approximate surface area is 116 Å². The Morgan fingerprint density at radius 2 is 2.21 bits per heavy atom. The second-order valence-corrected chi connectivity index (χ2v) is 7.08. The summed E-state index contributed by atoms with van der Waals surface area (Å²) in [5.74, 6) is 1.67. The van der Waals surface area contributed by atoms with Gasteiger partial charge >= 0.3 is 0 Å². The van der Waals surface area contributed by atoms with Crippen LogP contribution in [0, 0.1) is 0 Å². The zero-order valence-corrected chi connectivity index (χ0v) is 12.0. The lowest BCUT2D eigenvalue weighted by molar-refractivity contribution is 0.334. The fourth-order valence-electron chi connectivity index (χ4n) is 3.04. The molecule has 1 aliphatic carbocycles. The van der Waals surface area contributed by atoms with Gasteiger partial charge in [-0.25, -0.2) is 0 Å². The predicted molar refractivity (Wildman–Crippen MR) is 74.7 cm³/mol. The number of fused-ring (bicyclic) bond motifs is 1. The lowest BCUT2D eigenvalue weighted by Crippen LogP contribution is -2.41. The minimum atomic E-state index is 0.167. The molecular formula is C13H19N5S. The lowest BCUT2D eigenvalue weighted by atomic mass is 9.83. The fourth-order valence-corrected chi connectivity index (χ4v) is 4.05. The van der Waals surface area contributed by atoms with Crippen molar-refractivity contribution in [3.8, 4) is 0 Å². The second-order valence-electron chi connectivity index (χ2n) is 6.13. The largest absolute Gasteiger partial charge is 0.316 e. The summed E-state index contributed by atoms with van der Waals surface area (Å²) in [4.78, 5) is 0.962. The van der Waals surface area contributed by atoms with Crippen molar-refractivity contribution >= 4 is 16.3 Å². The summed E-state index contributed by atoms with van der Waals surface area (Å²) in [5, 5.41) is 18.2. The quantitative estimate of drug-likeness (QED) is 0.913. The Hall–Kier alpha value is -1.01. The van der Waals surface area contributed by atoms with Crippen LogP contribution >= 0.6 is 11.3 Å². The van der Waals surface area contributed by atoms with Crippen molar-refractivity contribution in [2.45, 2.75) is 50.4 Å². The van der Waals surface area contributed by atoms with Crippen LogP contribution in [0.2, 0.25) is 0 Å². The normalized spacial score (nSPS) is 28.7. The Morgan fingerprint density at radius 3 is 2.89 bits per heavy atom. The van der Waals surface area contributed by atoms with E-state index in [1.54, 1.807) is 11.3 Å². The predicted octanol–water partition coefficient (Wildman–Crippen LogP) is 2.09. The zero-order chi connectivity index (χ0) is 12.9. The van der Waals surface area contributed by atoms with E-state index < -0.39 is 0 Å². The van der Waals surface area contributed by atoms with Crippen LogP contribution in [0.3, 0.4) is 0 Å². The molecule has 5 nitrogen and oxygen atoms in total. The number of rotatable bonds is 2. The van der Waals surface area contributed by atoms with Gasteiger partial charge in [0.2, 0.25) is 4.96 Å². The molecule has 0 bridgehead atoms. The summed E-state index contributed by atoms with van der Waals surface area (Å²) in [5.41, 5.74) is 0.167. The summed E-state index contributed by atoms with van der Waals surface area (Å²) in [6, 6.07) is 0. The minimum absolute atomic E-state index is 0.167. The SMILES string of the molecule is CC1(c2nn3c(C4CCC4)nnc3s2)CCCNC1. The fraction of sp³-hybridized carbons (Fsp3) is 0.769. The van der Waals surface area contributed by atoms with E-state index in [4.69, 9.17) is 5.10 Å². The van der Waals surface area contributed by atoms with E-state index in [2.05, 4.69) is 22.4 Å². The van der Waals surface area contributed by atoms with Gasteiger partial charge in [-0.3, -0.25) is 0 Å². The topological polar surface area (TPSA) is 55.1 Å². The van der Waals surface area contributed by atoms with Crippen LogP contribution in [0.25, 0.3) is 4.96 Å². The molecule has 1 saturated heterocycles. The summed E-state index contributed by atoms with van der Waals surface area (Å²) in [6.07, 6.45) is 6.24. The van der Waals surface area contributed by atoms with Crippen molar-refractivity contribution in [1.82, 2.24) is 25.1 Å². The molecule has 2 aromatic heterocycles. The number of piperidine rings is 1. The van der Waals surface area contributed by atoms with Gasteiger partial charge in [-0.1, -0.05) is 24.7 Å². The van der Waals surface area contributed by atoms with E-state index in [0.717, 1.165) is 23.9 Å². The molecule has 1 saturated carbocycles. The Morgan fingerprint density at radius 1 is 1.32 bits per heavy atom. The van der Waals surface area contributed by atoms with Crippen LogP contribution in [0.5, 0.6) is 0 Å². The first kappa shape index (κ1) is 11.8. The molecule has 102 valence electrons. The first-order valence-electron chi connectivity index (χ1n) is 7.20. The molecule has 4 rings (SSSR count). The number of aromatic nitrogens is 4. The molecular weight excluding hydrogens is 258 g/mol. The summed E-state index contributed by atoms with van der Waals surface area (Å²) in [6.45, 7) is 4.47. The van der Waals surface area contributed by atoms with Gasteiger partial charge in [-0.15, -0.1) is 10.2 Å². The van der Waals surface area contributed by atoms with Gasteiger partial charge in [0.15, 0.2) is 5.82 Å². The summed E-state index contributed by atoms with van der Waals surface area (Å²) < 4.78 is 2.00. The Bertz CT molecular complexity index is 591. The molecule has 1 atom stereocenters. The van der Waals surface area contributed by atoms with Crippen LogP contribution in [0.4, 0.5) is 0 Å². The molecule has 0 radical (unpaired) electrons. The van der Waals surface area contributed by atoms with E-state index in [1.165, 1.54) is 37.1 Å². The first-order valence-corrected chi connectivity index (χ1v) is 8.01. The standard InChI is InChI=1S/C13H19N5S/c1-13(6-3-7-14-8-13)11-17-18-10(9-4-2-5-9)15-16-12(18)19-11/h9,14H,2-8H2,1H3. The molecule has 2 aliphatic rings. The van der Waals surface area contributed by atoms with Crippen molar-refractivity contribution in [3.05, 3.63) is 10.8 Å². The second kappa shape index (κ2) is 4.24. The van der Waals surface area contributed by atoms with Gasteiger partial charge in [0.25, 0.3) is 0 Å². The van der Waals surface area contributed by atoms with E-state index in [0.29, 0.717) is 5.92 Å². The van der Waals surface area contributed by atoms with Crippen LogP contribution in [0.15, 0.2) is 0 Å². The molecule has 1 N–H and O–H groups in total. The molecule has 1 aliphatic heterocycles. The van der Waals surface area contributed by atoms with E-state index in [9.17, 15) is 0 Å². The van der Waals surface area contributed by atoms with E-state index in [1.807, 2.05) is 4.52 Å². The maximum Gasteiger partial charge on any atom is 0.234 e. The average molecular weight is 277 g/mol. The van der Waals surface area contributed by atoms with Crippen molar-refractivity contribution in [3.63, 3.8) is 0 Å². The van der Waals surface area contributed by atoms with Gasteiger partial charge in [0.05, 0.1) is 0 Å². The molecule has 1 unspecified atom stereocenters. The summed E-state index contributed by atoms with van der Waals surface area (Å²) >= 11 is 1.71. The van der Waals surface area contributed by atoms with Gasteiger partial charge in [-0.2, -0.15) is 9.61 Å². The molecule has 2 aromatic rings. The van der Waals surface area contributed by atoms with Crippen molar-refractivity contribution < 1.29 is 0 Å². The van der Waals surface area contributed by atoms with E-state index >= 15 is 0 Å². The van der Waals surface area contributed by atoms with Crippen LogP contribution < -0.4 is 5.32 Å². The van der Waals surface area contributed by atoms with Crippen LogP contribution in [-0.2, 0) is 5.41 Å². The van der Waals surface area contributed by atoms with E-state index in [-0.39, 0.29) is 5.41 Å². The van der Waals surface area contributed by atoms with Crippen LogP contribution in [-0.4, -0.2) is 32.9 Å². The molecule has 6 heteroatoms. The number of nitrogens with one attached hydrogen (secondary N) is 1. The smallest absolute Gasteiger partial charge is 0.234 e. The van der Waals surface area contributed by atoms with Gasteiger partial charge in [0.1, 0.15) is 5.01 Å². The minimum Gasteiger partial charge on any atom is -0.316 e. The number of nitrogens with zero attached hydrogens (tertiary/aromatic N) is 4. The first-order chi connectivity index (χ1) is 9.26. The third kappa shape index (κ3) is 1.80. The Kier molecular flexibility index (Phi) is 2.63. The molecule has 0 amide bonds. The average Bonchev–Trinajstić information content (AvgIpc) is 2.90. The highest BCUT2D eigenvalue weighted by atomic mass is 32.1.